The van der Waals surface area contributed by atoms with Crippen LogP contribution in [-0.4, -0.2) is 20.1 Å². The second-order valence-electron chi connectivity index (χ2n) is 7.51. The van der Waals surface area contributed by atoms with Crippen molar-refractivity contribution < 1.29 is 5.11 Å². The molecular formula is C17H24N4O. The molecule has 0 saturated carbocycles. The number of hydrogen-bond acceptors (Lipinski definition) is 5. The molecule has 0 saturated heterocycles. The fourth-order valence-corrected chi connectivity index (χ4v) is 2.28. The maximum Gasteiger partial charge on any atom is 0.230 e. The van der Waals surface area contributed by atoms with Crippen LogP contribution >= 0.6 is 0 Å². The van der Waals surface area contributed by atoms with E-state index >= 15 is 0 Å². The van der Waals surface area contributed by atoms with Crippen molar-refractivity contribution in [2.45, 2.75) is 52.4 Å². The van der Waals surface area contributed by atoms with Crippen molar-refractivity contribution >= 4 is 11.6 Å². The van der Waals surface area contributed by atoms with E-state index in [2.05, 4.69) is 61.8 Å². The van der Waals surface area contributed by atoms with Crippen molar-refractivity contribution in [3.8, 4) is 5.75 Å². The van der Waals surface area contributed by atoms with E-state index in [4.69, 9.17) is 0 Å². The molecule has 2 N–H and O–H groups in total. The Morgan fingerprint density at radius 2 is 1.32 bits per heavy atom. The van der Waals surface area contributed by atoms with Crippen LogP contribution < -0.4 is 5.32 Å². The van der Waals surface area contributed by atoms with Crippen LogP contribution in [0, 0.1) is 0 Å². The van der Waals surface area contributed by atoms with Gasteiger partial charge in [0.05, 0.1) is 0 Å². The Labute approximate surface area is 131 Å². The summed E-state index contributed by atoms with van der Waals surface area (Å²) >= 11 is 0. The highest BCUT2D eigenvalue weighted by Crippen LogP contribution is 2.41. The number of phenolic OH excluding ortho intramolecular Hbond substituents is 1. The summed E-state index contributed by atoms with van der Waals surface area (Å²) in [6.45, 7) is 12.5. The largest absolute Gasteiger partial charge is 0.507 e. The Bertz CT molecular complexity index is 620. The van der Waals surface area contributed by atoms with Crippen LogP contribution in [0.5, 0.6) is 5.75 Å². The molecule has 0 fully saturated rings. The summed E-state index contributed by atoms with van der Waals surface area (Å²) in [4.78, 5) is 12.0. The van der Waals surface area contributed by atoms with Gasteiger partial charge in [-0.2, -0.15) is 0 Å². The van der Waals surface area contributed by atoms with Crippen LogP contribution in [0.1, 0.15) is 52.7 Å². The maximum atomic E-state index is 10.7. The maximum absolute atomic E-state index is 10.7. The third-order valence-corrected chi connectivity index (χ3v) is 3.48. The highest BCUT2D eigenvalue weighted by atomic mass is 16.3. The summed E-state index contributed by atoms with van der Waals surface area (Å²) in [7, 11) is 0. The van der Waals surface area contributed by atoms with Gasteiger partial charge in [-0.1, -0.05) is 41.5 Å². The summed E-state index contributed by atoms with van der Waals surface area (Å²) in [5.41, 5.74) is 2.33. The predicted octanol–water partition coefficient (Wildman–Crippen LogP) is 3.92. The second-order valence-corrected chi connectivity index (χ2v) is 7.51. The first kappa shape index (κ1) is 16.2. The van der Waals surface area contributed by atoms with Gasteiger partial charge in [-0.3, -0.25) is 0 Å². The number of benzene rings is 1. The number of anilines is 2. The molecule has 1 aromatic carbocycles. The lowest BCUT2D eigenvalue weighted by molar-refractivity contribution is 0.423. The van der Waals surface area contributed by atoms with Crippen molar-refractivity contribution in [2.24, 2.45) is 0 Å². The van der Waals surface area contributed by atoms with Crippen molar-refractivity contribution in [1.82, 2.24) is 15.0 Å². The highest BCUT2D eigenvalue weighted by molar-refractivity contribution is 5.62. The van der Waals surface area contributed by atoms with Crippen LogP contribution in [-0.2, 0) is 10.8 Å². The molecule has 118 valence electrons. The lowest BCUT2D eigenvalue weighted by atomic mass is 9.79. The van der Waals surface area contributed by atoms with Gasteiger partial charge in [0.2, 0.25) is 5.95 Å². The third kappa shape index (κ3) is 3.53. The van der Waals surface area contributed by atoms with E-state index in [9.17, 15) is 5.11 Å². The van der Waals surface area contributed by atoms with E-state index in [1.807, 2.05) is 12.1 Å². The number of nitrogens with zero attached hydrogens (tertiary/aromatic N) is 3. The van der Waals surface area contributed by atoms with Crippen LogP contribution in [0.4, 0.5) is 11.6 Å². The molecule has 22 heavy (non-hydrogen) atoms. The number of nitrogens with one attached hydrogen (secondary N) is 1. The first-order chi connectivity index (χ1) is 10.1. The third-order valence-electron chi connectivity index (χ3n) is 3.48. The average Bonchev–Trinajstić information content (AvgIpc) is 2.39. The minimum absolute atomic E-state index is 0.166. The van der Waals surface area contributed by atoms with E-state index in [0.717, 1.165) is 16.8 Å². The minimum Gasteiger partial charge on any atom is -0.507 e. The van der Waals surface area contributed by atoms with Gasteiger partial charge >= 0.3 is 0 Å². The number of phenols is 1. The summed E-state index contributed by atoms with van der Waals surface area (Å²) in [6, 6.07) is 3.91. The van der Waals surface area contributed by atoms with Gasteiger partial charge < -0.3 is 10.4 Å². The number of aromatic nitrogens is 3. The van der Waals surface area contributed by atoms with Gasteiger partial charge in [-0.25, -0.2) is 15.0 Å². The smallest absolute Gasteiger partial charge is 0.230 e. The van der Waals surface area contributed by atoms with Crippen molar-refractivity contribution in [3.63, 3.8) is 0 Å². The minimum atomic E-state index is -0.166. The summed E-state index contributed by atoms with van der Waals surface area (Å²) in [5.74, 6) is 0.849. The molecule has 0 aliphatic heterocycles. The zero-order valence-corrected chi connectivity index (χ0v) is 14.1. The molecule has 5 heteroatoms. The molecule has 2 aromatic rings. The Morgan fingerprint density at radius 1 is 0.864 bits per heavy atom. The van der Waals surface area contributed by atoms with Crippen LogP contribution in [0.25, 0.3) is 0 Å². The predicted molar refractivity (Wildman–Crippen MR) is 88.6 cm³/mol. The van der Waals surface area contributed by atoms with Gasteiger partial charge in [0.25, 0.3) is 0 Å². The molecule has 0 bridgehead atoms. The van der Waals surface area contributed by atoms with E-state index in [1.54, 1.807) is 0 Å². The molecule has 0 atom stereocenters. The Morgan fingerprint density at radius 3 is 1.73 bits per heavy atom. The van der Waals surface area contributed by atoms with Gasteiger partial charge in [0.15, 0.2) is 0 Å². The Kier molecular flexibility index (Phi) is 4.09. The summed E-state index contributed by atoms with van der Waals surface area (Å²) in [5, 5.41) is 13.9. The quantitative estimate of drug-likeness (QED) is 0.823. The van der Waals surface area contributed by atoms with Crippen molar-refractivity contribution in [3.05, 3.63) is 35.9 Å². The summed E-state index contributed by atoms with van der Waals surface area (Å²) in [6.07, 6.45) is 2.90. The number of aromatic hydroxyl groups is 1. The van der Waals surface area contributed by atoms with Gasteiger partial charge in [-0.15, -0.1) is 0 Å². The first-order valence-corrected chi connectivity index (χ1v) is 7.36. The van der Waals surface area contributed by atoms with Crippen molar-refractivity contribution in [2.75, 3.05) is 5.32 Å². The molecular weight excluding hydrogens is 276 g/mol. The molecule has 0 aliphatic rings. The van der Waals surface area contributed by atoms with E-state index in [-0.39, 0.29) is 10.8 Å². The van der Waals surface area contributed by atoms with E-state index < -0.39 is 0 Å². The highest BCUT2D eigenvalue weighted by Gasteiger charge is 2.26. The molecule has 5 nitrogen and oxygen atoms in total. The van der Waals surface area contributed by atoms with Crippen LogP contribution in [0.3, 0.4) is 0 Å². The lowest BCUT2D eigenvalue weighted by Crippen LogP contribution is -2.17. The second kappa shape index (κ2) is 5.55. The molecule has 0 spiro atoms. The fraction of sp³-hybridized carbons (Fsp3) is 0.471. The molecule has 0 radical (unpaired) electrons. The van der Waals surface area contributed by atoms with Gasteiger partial charge in [0.1, 0.15) is 18.4 Å². The molecule has 0 aliphatic carbocycles. The zero-order chi connectivity index (χ0) is 16.5. The monoisotopic (exact) mass is 300 g/mol. The summed E-state index contributed by atoms with van der Waals surface area (Å²) < 4.78 is 0. The van der Waals surface area contributed by atoms with E-state index in [1.165, 1.54) is 12.7 Å². The van der Waals surface area contributed by atoms with Crippen LogP contribution in [0.15, 0.2) is 24.8 Å². The molecule has 0 unspecified atom stereocenters. The molecule has 1 heterocycles. The SMILES string of the molecule is CC(C)(C)c1cc(Nc2ncncn2)cc(C(C)(C)C)c1O. The topological polar surface area (TPSA) is 70.9 Å². The van der Waals surface area contributed by atoms with Gasteiger partial charge in [0, 0.05) is 16.8 Å². The molecule has 1 aromatic heterocycles. The molecule has 2 rings (SSSR count). The Hall–Kier alpha value is -2.17. The number of hydrogen-bond donors (Lipinski definition) is 2. The van der Waals surface area contributed by atoms with E-state index in [0.29, 0.717) is 11.7 Å². The molecule has 0 amide bonds. The average molecular weight is 300 g/mol. The standard InChI is InChI=1S/C17H24N4O/c1-16(2,3)12-7-11(21-15-19-9-18-10-20-15)8-13(14(12)22)17(4,5)6/h7-10,22H,1-6H3,(H,18,19,20,21). The normalized spacial score (nSPS) is 12.3. The fourth-order valence-electron chi connectivity index (χ4n) is 2.28. The van der Waals surface area contributed by atoms with Gasteiger partial charge in [-0.05, 0) is 23.0 Å². The van der Waals surface area contributed by atoms with Crippen molar-refractivity contribution in [1.29, 1.82) is 0 Å². The zero-order valence-electron chi connectivity index (χ0n) is 14.1. The first-order valence-electron chi connectivity index (χ1n) is 7.36. The lowest BCUT2D eigenvalue weighted by Gasteiger charge is -2.28. The van der Waals surface area contributed by atoms with Crippen LogP contribution in [0.2, 0.25) is 0 Å². The number of rotatable bonds is 2. The Balaban J connectivity index is 2.56.